The highest BCUT2D eigenvalue weighted by molar-refractivity contribution is 5.75. The topological polar surface area (TPSA) is 58.4 Å². The van der Waals surface area contributed by atoms with Gasteiger partial charge in [0.05, 0.1) is 0 Å². The largest absolute Gasteiger partial charge is 0.297 e. The Labute approximate surface area is 93.2 Å². The molecule has 0 aliphatic heterocycles. The van der Waals surface area contributed by atoms with E-state index in [9.17, 15) is 4.79 Å². The van der Waals surface area contributed by atoms with Crippen LogP contribution in [0, 0.1) is 5.92 Å². The van der Waals surface area contributed by atoms with Crippen LogP contribution in [0.3, 0.4) is 0 Å². The number of nitrogens with one attached hydrogen (secondary N) is 1. The summed E-state index contributed by atoms with van der Waals surface area (Å²) in [7, 11) is 0. The van der Waals surface area contributed by atoms with Gasteiger partial charge in [-0.25, -0.2) is 5.84 Å². The summed E-state index contributed by atoms with van der Waals surface area (Å²) >= 11 is 0. The van der Waals surface area contributed by atoms with Gasteiger partial charge < -0.3 is 0 Å². The fourth-order valence-corrected chi connectivity index (χ4v) is 1.77. The van der Waals surface area contributed by atoms with E-state index in [1.54, 1.807) is 0 Å². The number of carbonyl (C=O) groups is 1. The lowest BCUT2D eigenvalue weighted by Crippen LogP contribution is -2.44. The molecule has 0 rings (SSSR count). The Balaban J connectivity index is 4.28. The van der Waals surface area contributed by atoms with Gasteiger partial charge in [0, 0.05) is 25.0 Å². The fourth-order valence-electron chi connectivity index (χ4n) is 1.77. The first-order chi connectivity index (χ1) is 6.88. The molecule has 0 fully saturated rings. The Hall–Kier alpha value is -0.610. The zero-order chi connectivity index (χ0) is 12.0. The first kappa shape index (κ1) is 14.4. The average Bonchev–Trinajstić information content (AvgIpc) is 2.12. The molecule has 0 bridgehead atoms. The third-order valence-corrected chi connectivity index (χ3v) is 2.45. The molecule has 1 unspecified atom stereocenters. The Morgan fingerprint density at radius 1 is 1.27 bits per heavy atom. The van der Waals surface area contributed by atoms with Crippen molar-refractivity contribution in [1.82, 2.24) is 10.3 Å². The summed E-state index contributed by atoms with van der Waals surface area (Å²) in [6, 6.07) is 0.684. The number of nitrogens with two attached hydrogens (primary N) is 1. The molecular weight excluding hydrogens is 190 g/mol. The van der Waals surface area contributed by atoms with Crippen LogP contribution in [0.25, 0.3) is 0 Å². The minimum absolute atomic E-state index is 0.100. The van der Waals surface area contributed by atoms with Crippen LogP contribution in [0.15, 0.2) is 0 Å². The van der Waals surface area contributed by atoms with Crippen molar-refractivity contribution in [2.24, 2.45) is 11.8 Å². The minimum Gasteiger partial charge on any atom is -0.297 e. The number of hydrogen-bond acceptors (Lipinski definition) is 3. The molecule has 0 aromatic carbocycles. The second kappa shape index (κ2) is 6.80. The summed E-state index contributed by atoms with van der Waals surface area (Å²) < 4.78 is 0. The van der Waals surface area contributed by atoms with Gasteiger partial charge in [-0.3, -0.25) is 15.1 Å². The molecule has 0 aromatic rings. The smallest absolute Gasteiger partial charge is 0.235 e. The summed E-state index contributed by atoms with van der Waals surface area (Å²) in [5, 5.41) is 0. The van der Waals surface area contributed by atoms with Crippen molar-refractivity contribution in [1.29, 1.82) is 0 Å². The van der Waals surface area contributed by atoms with Gasteiger partial charge in [-0.15, -0.1) is 0 Å². The molecule has 0 aliphatic carbocycles. The summed E-state index contributed by atoms with van der Waals surface area (Å²) in [4.78, 5) is 13.5. The molecule has 3 N–H and O–H groups in total. The standard InChI is InChI=1S/C11H25N3O/c1-8(2)7-14(9(3)4)10(5)6-11(15)13-12/h8-10H,6-7,12H2,1-5H3,(H,13,15). The van der Waals surface area contributed by atoms with Crippen LogP contribution in [-0.4, -0.2) is 29.4 Å². The number of hydrogen-bond donors (Lipinski definition) is 2. The van der Waals surface area contributed by atoms with Crippen LogP contribution in [0.2, 0.25) is 0 Å². The van der Waals surface area contributed by atoms with Gasteiger partial charge in [0.25, 0.3) is 0 Å². The van der Waals surface area contributed by atoms with Crippen molar-refractivity contribution in [2.45, 2.75) is 53.1 Å². The van der Waals surface area contributed by atoms with Crippen molar-refractivity contribution in [3.05, 3.63) is 0 Å². The summed E-state index contributed by atoms with van der Waals surface area (Å²) in [6.45, 7) is 11.8. The first-order valence-corrected chi connectivity index (χ1v) is 5.63. The average molecular weight is 215 g/mol. The molecule has 1 atom stereocenters. The van der Waals surface area contributed by atoms with Crippen molar-refractivity contribution < 1.29 is 4.79 Å². The van der Waals surface area contributed by atoms with Crippen molar-refractivity contribution in [3.63, 3.8) is 0 Å². The maximum atomic E-state index is 11.2. The lowest BCUT2D eigenvalue weighted by atomic mass is 10.1. The van der Waals surface area contributed by atoms with Gasteiger partial charge in [0.15, 0.2) is 0 Å². The first-order valence-electron chi connectivity index (χ1n) is 5.63. The fraction of sp³-hybridized carbons (Fsp3) is 0.909. The van der Waals surface area contributed by atoms with E-state index < -0.39 is 0 Å². The zero-order valence-corrected chi connectivity index (χ0v) is 10.6. The van der Waals surface area contributed by atoms with Crippen molar-refractivity contribution in [2.75, 3.05) is 6.54 Å². The predicted molar refractivity (Wildman–Crippen MR) is 63.1 cm³/mol. The van der Waals surface area contributed by atoms with Gasteiger partial charge in [-0.2, -0.15) is 0 Å². The van der Waals surface area contributed by atoms with Gasteiger partial charge in [0.2, 0.25) is 5.91 Å². The quantitative estimate of drug-likeness (QED) is 0.396. The molecule has 0 aromatic heterocycles. The number of hydrazine groups is 1. The molecule has 0 saturated heterocycles. The number of nitrogens with zero attached hydrogens (tertiary/aromatic N) is 1. The van der Waals surface area contributed by atoms with Gasteiger partial charge in [-0.1, -0.05) is 13.8 Å². The Bertz CT molecular complexity index is 192. The maximum absolute atomic E-state index is 11.2. The predicted octanol–water partition coefficient (Wildman–Crippen LogP) is 1.12. The van der Waals surface area contributed by atoms with E-state index >= 15 is 0 Å². The molecule has 15 heavy (non-hydrogen) atoms. The SMILES string of the molecule is CC(C)CN(C(C)C)C(C)CC(=O)NN. The minimum atomic E-state index is -0.100. The maximum Gasteiger partial charge on any atom is 0.235 e. The van der Waals surface area contributed by atoms with Crippen molar-refractivity contribution >= 4 is 5.91 Å². The highest BCUT2D eigenvalue weighted by Crippen LogP contribution is 2.11. The number of amides is 1. The second-order valence-electron chi connectivity index (χ2n) is 4.81. The van der Waals surface area contributed by atoms with Crippen LogP contribution in [0.4, 0.5) is 0 Å². The van der Waals surface area contributed by atoms with Crippen LogP contribution < -0.4 is 11.3 Å². The third kappa shape index (κ3) is 5.74. The molecule has 90 valence electrons. The lowest BCUT2D eigenvalue weighted by Gasteiger charge is -2.33. The van der Waals surface area contributed by atoms with Crippen LogP contribution in [0.5, 0.6) is 0 Å². The zero-order valence-electron chi connectivity index (χ0n) is 10.6. The Kier molecular flexibility index (Phi) is 6.52. The normalized spacial score (nSPS) is 13.7. The summed E-state index contributed by atoms with van der Waals surface area (Å²) in [6.07, 6.45) is 0.460. The van der Waals surface area contributed by atoms with Gasteiger partial charge in [0.1, 0.15) is 0 Å². The van der Waals surface area contributed by atoms with Crippen molar-refractivity contribution in [3.8, 4) is 0 Å². The highest BCUT2D eigenvalue weighted by atomic mass is 16.2. The van der Waals surface area contributed by atoms with E-state index in [1.165, 1.54) is 0 Å². The molecule has 0 radical (unpaired) electrons. The van der Waals surface area contributed by atoms with E-state index in [2.05, 4.69) is 44.9 Å². The van der Waals surface area contributed by atoms with E-state index in [0.29, 0.717) is 18.4 Å². The number of carbonyl (C=O) groups excluding carboxylic acids is 1. The monoisotopic (exact) mass is 215 g/mol. The molecule has 1 amide bonds. The summed E-state index contributed by atoms with van der Waals surface area (Å²) in [5.74, 6) is 5.59. The second-order valence-corrected chi connectivity index (χ2v) is 4.81. The Morgan fingerprint density at radius 3 is 2.13 bits per heavy atom. The summed E-state index contributed by atoms with van der Waals surface area (Å²) in [5.41, 5.74) is 2.18. The van der Waals surface area contributed by atoms with E-state index in [4.69, 9.17) is 5.84 Å². The molecular formula is C11H25N3O. The molecule has 4 nitrogen and oxygen atoms in total. The molecule has 0 saturated carbocycles. The molecule has 0 heterocycles. The molecule has 0 spiro atoms. The van der Waals surface area contributed by atoms with Gasteiger partial charge in [-0.05, 0) is 26.7 Å². The Morgan fingerprint density at radius 2 is 1.80 bits per heavy atom. The van der Waals surface area contributed by atoms with E-state index in [-0.39, 0.29) is 11.9 Å². The van der Waals surface area contributed by atoms with Gasteiger partial charge >= 0.3 is 0 Å². The molecule has 0 aliphatic rings. The lowest BCUT2D eigenvalue weighted by molar-refractivity contribution is -0.122. The molecule has 4 heteroatoms. The van der Waals surface area contributed by atoms with E-state index in [0.717, 1.165) is 6.54 Å². The van der Waals surface area contributed by atoms with Crippen LogP contribution >= 0.6 is 0 Å². The highest BCUT2D eigenvalue weighted by Gasteiger charge is 2.20. The van der Waals surface area contributed by atoms with Crippen LogP contribution in [0.1, 0.15) is 41.0 Å². The van der Waals surface area contributed by atoms with E-state index in [1.807, 2.05) is 0 Å². The van der Waals surface area contributed by atoms with Crippen LogP contribution in [-0.2, 0) is 4.79 Å². The third-order valence-electron chi connectivity index (χ3n) is 2.45. The number of rotatable bonds is 6.